The minimum atomic E-state index is -2.33. The molecular formula is C9H10O5-2. The van der Waals surface area contributed by atoms with Crippen molar-refractivity contribution in [2.45, 2.75) is 13.3 Å². The molecule has 0 radical (unpaired) electrons. The van der Waals surface area contributed by atoms with Crippen molar-refractivity contribution in [2.75, 3.05) is 0 Å². The molecule has 0 saturated carbocycles. The molecule has 1 rings (SSSR count). The van der Waals surface area contributed by atoms with E-state index in [9.17, 15) is 0 Å². The van der Waals surface area contributed by atoms with E-state index >= 15 is 0 Å². The van der Waals surface area contributed by atoms with E-state index in [2.05, 4.69) is 0 Å². The minimum absolute atomic E-state index is 0.0423. The van der Waals surface area contributed by atoms with Gasteiger partial charge in [-0.25, -0.2) is 0 Å². The number of hydrogen-bond donors (Lipinski definition) is 2. The first-order chi connectivity index (χ1) is 6.47. The number of hydrogen-bond acceptors (Lipinski definition) is 5. The third-order valence-electron chi connectivity index (χ3n) is 1.45. The van der Waals surface area contributed by atoms with E-state index in [1.807, 2.05) is 6.92 Å². The number of phenolic OH excluding ortho intramolecular Hbond substituents is 2. The summed E-state index contributed by atoms with van der Waals surface area (Å²) >= 11 is 0. The van der Waals surface area contributed by atoms with E-state index in [0.29, 0.717) is 0 Å². The van der Waals surface area contributed by atoms with Gasteiger partial charge in [0, 0.05) is 0 Å². The van der Waals surface area contributed by atoms with Crippen molar-refractivity contribution in [3.8, 4) is 11.5 Å². The zero-order chi connectivity index (χ0) is 11.1. The van der Waals surface area contributed by atoms with Crippen LogP contribution in [-0.4, -0.2) is 16.4 Å². The van der Waals surface area contributed by atoms with Gasteiger partial charge < -0.3 is 25.2 Å². The van der Waals surface area contributed by atoms with Gasteiger partial charge in [-0.05, 0) is 30.3 Å². The van der Waals surface area contributed by atoms with Crippen molar-refractivity contribution in [1.29, 1.82) is 0 Å². The molecule has 1 aromatic carbocycles. The second-order valence-corrected chi connectivity index (χ2v) is 2.43. The molecule has 0 aliphatic rings. The zero-order valence-corrected chi connectivity index (χ0v) is 7.56. The predicted molar refractivity (Wildman–Crippen MR) is 44.5 cm³/mol. The van der Waals surface area contributed by atoms with Crippen LogP contribution >= 0.6 is 0 Å². The Morgan fingerprint density at radius 3 is 2.14 bits per heavy atom. The third-order valence-corrected chi connectivity index (χ3v) is 1.45. The van der Waals surface area contributed by atoms with Gasteiger partial charge in [0.15, 0.2) is 11.5 Å². The molecule has 5 nitrogen and oxygen atoms in total. The number of carboxylic acid groups (broad SMARTS) is 2. The quantitative estimate of drug-likeness (QED) is 0.575. The highest BCUT2D eigenvalue weighted by Gasteiger charge is 1.97. The molecule has 14 heavy (non-hydrogen) atoms. The Morgan fingerprint density at radius 2 is 1.79 bits per heavy atom. The van der Waals surface area contributed by atoms with Crippen LogP contribution in [0.4, 0.5) is 4.79 Å². The van der Waals surface area contributed by atoms with Gasteiger partial charge in [-0.1, -0.05) is 13.0 Å². The molecule has 0 aromatic heterocycles. The van der Waals surface area contributed by atoms with Crippen LogP contribution in [-0.2, 0) is 6.42 Å². The molecule has 0 aliphatic carbocycles. The number of carbonyl (C=O) groups is 1. The van der Waals surface area contributed by atoms with Crippen molar-refractivity contribution >= 4 is 6.16 Å². The number of benzene rings is 1. The predicted octanol–water partition coefficient (Wildman–Crippen LogP) is -0.787. The van der Waals surface area contributed by atoms with E-state index in [0.717, 1.165) is 12.0 Å². The molecule has 0 bridgehead atoms. The fourth-order valence-corrected chi connectivity index (χ4v) is 0.789. The Labute approximate surface area is 80.9 Å². The minimum Gasteiger partial charge on any atom is -0.652 e. The van der Waals surface area contributed by atoms with E-state index in [1.54, 1.807) is 12.1 Å². The van der Waals surface area contributed by atoms with Crippen LogP contribution in [0.15, 0.2) is 18.2 Å². The molecule has 0 heterocycles. The summed E-state index contributed by atoms with van der Waals surface area (Å²) in [5, 5.41) is 34.5. The van der Waals surface area contributed by atoms with E-state index in [4.69, 9.17) is 25.2 Å². The number of aryl methyl sites for hydroxylation is 1. The topological polar surface area (TPSA) is 104 Å². The van der Waals surface area contributed by atoms with Crippen molar-refractivity contribution in [2.24, 2.45) is 0 Å². The Balaban J connectivity index is 0.000000364. The van der Waals surface area contributed by atoms with Crippen molar-refractivity contribution in [1.82, 2.24) is 0 Å². The summed E-state index contributed by atoms with van der Waals surface area (Å²) in [4.78, 5) is 8.33. The highest BCUT2D eigenvalue weighted by Crippen LogP contribution is 2.24. The lowest BCUT2D eigenvalue weighted by atomic mass is 10.1. The molecule has 0 spiro atoms. The van der Waals surface area contributed by atoms with Crippen LogP contribution in [0, 0.1) is 0 Å². The van der Waals surface area contributed by atoms with E-state index < -0.39 is 6.16 Å². The number of aromatic hydroxyl groups is 2. The molecule has 0 amide bonds. The first kappa shape index (κ1) is 12.1. The van der Waals surface area contributed by atoms with Crippen LogP contribution in [0.5, 0.6) is 11.5 Å². The first-order valence-corrected chi connectivity index (χ1v) is 3.86. The molecule has 1 aromatic rings. The second kappa shape index (κ2) is 5.69. The third kappa shape index (κ3) is 4.87. The number of phenols is 2. The standard InChI is InChI=1S/C8H10O2.CH2O3/c1-2-6-3-4-7(9)8(10)5-6;2-1(3)4/h3-5,9-10H,2H2,1H3;(H2,2,3,4)/p-2. The van der Waals surface area contributed by atoms with Crippen LogP contribution in [0.1, 0.15) is 12.5 Å². The first-order valence-electron chi connectivity index (χ1n) is 3.86. The van der Waals surface area contributed by atoms with Crippen LogP contribution in [0.2, 0.25) is 0 Å². The molecule has 0 saturated heterocycles. The average Bonchev–Trinajstić information content (AvgIpc) is 2.09. The van der Waals surface area contributed by atoms with Gasteiger partial charge in [0.2, 0.25) is 0 Å². The van der Waals surface area contributed by atoms with Gasteiger partial charge in [0.25, 0.3) is 0 Å². The summed E-state index contributed by atoms with van der Waals surface area (Å²) in [6.07, 6.45) is -1.46. The number of rotatable bonds is 1. The SMILES string of the molecule is CCc1ccc(O)c(O)c1.O=C([O-])[O-]. The lowest BCUT2D eigenvalue weighted by molar-refractivity contribution is -0.415. The van der Waals surface area contributed by atoms with Crippen LogP contribution in [0.3, 0.4) is 0 Å². The smallest absolute Gasteiger partial charge is 0.157 e. The van der Waals surface area contributed by atoms with Gasteiger partial charge in [-0.2, -0.15) is 0 Å². The molecule has 2 N–H and O–H groups in total. The van der Waals surface area contributed by atoms with Gasteiger partial charge in [0.05, 0.1) is 0 Å². The van der Waals surface area contributed by atoms with Gasteiger partial charge in [-0.3, -0.25) is 0 Å². The van der Waals surface area contributed by atoms with Crippen molar-refractivity contribution < 1.29 is 25.2 Å². The van der Waals surface area contributed by atoms with Crippen LogP contribution in [0.25, 0.3) is 0 Å². The Kier molecular flexibility index (Phi) is 4.91. The largest absolute Gasteiger partial charge is 0.652 e. The fourth-order valence-electron chi connectivity index (χ4n) is 0.789. The fraction of sp³-hybridized carbons (Fsp3) is 0.222. The summed E-state index contributed by atoms with van der Waals surface area (Å²) < 4.78 is 0. The lowest BCUT2D eigenvalue weighted by Gasteiger charge is -1.98. The van der Waals surface area contributed by atoms with Gasteiger partial charge >= 0.3 is 0 Å². The molecule has 5 heteroatoms. The Bertz CT molecular complexity index is 304. The molecule has 0 fully saturated rings. The summed E-state index contributed by atoms with van der Waals surface area (Å²) in [7, 11) is 0. The van der Waals surface area contributed by atoms with Crippen molar-refractivity contribution in [3.63, 3.8) is 0 Å². The highest BCUT2D eigenvalue weighted by atomic mass is 16.6. The molecular weight excluding hydrogens is 188 g/mol. The maximum absolute atomic E-state index is 8.98. The summed E-state index contributed by atoms with van der Waals surface area (Å²) in [6, 6.07) is 4.85. The number of carbonyl (C=O) groups excluding carboxylic acids is 1. The van der Waals surface area contributed by atoms with Crippen LogP contribution < -0.4 is 10.2 Å². The average molecular weight is 198 g/mol. The molecule has 0 unspecified atom stereocenters. The summed E-state index contributed by atoms with van der Waals surface area (Å²) in [6.45, 7) is 1.99. The Hall–Kier alpha value is -1.91. The molecule has 78 valence electrons. The zero-order valence-electron chi connectivity index (χ0n) is 7.56. The highest BCUT2D eigenvalue weighted by molar-refractivity contribution is 5.47. The normalized spacial score (nSPS) is 8.64. The Morgan fingerprint density at radius 1 is 1.29 bits per heavy atom. The van der Waals surface area contributed by atoms with Crippen molar-refractivity contribution in [3.05, 3.63) is 23.8 Å². The maximum Gasteiger partial charge on any atom is 0.157 e. The van der Waals surface area contributed by atoms with E-state index in [-0.39, 0.29) is 11.5 Å². The van der Waals surface area contributed by atoms with Gasteiger partial charge in [-0.15, -0.1) is 0 Å². The molecule has 0 atom stereocenters. The lowest BCUT2D eigenvalue weighted by Crippen LogP contribution is -2.37. The van der Waals surface area contributed by atoms with E-state index in [1.165, 1.54) is 6.07 Å². The summed E-state index contributed by atoms with van der Waals surface area (Å²) in [5.74, 6) is -0.100. The monoisotopic (exact) mass is 198 g/mol. The second-order valence-electron chi connectivity index (χ2n) is 2.43. The maximum atomic E-state index is 8.98. The molecule has 0 aliphatic heterocycles. The summed E-state index contributed by atoms with van der Waals surface area (Å²) in [5.41, 5.74) is 1.02. The van der Waals surface area contributed by atoms with Gasteiger partial charge in [0.1, 0.15) is 0 Å².